The molecule has 0 saturated carbocycles. The van der Waals surface area contributed by atoms with Gasteiger partial charge in [-0.1, -0.05) is 323 Å². The van der Waals surface area contributed by atoms with Crippen molar-refractivity contribution >= 4 is 11.8 Å². The van der Waals surface area contributed by atoms with Crippen LogP contribution in [0.15, 0.2) is 60.7 Å². The van der Waals surface area contributed by atoms with Crippen molar-refractivity contribution in [3.8, 4) is 0 Å². The molecule has 98 heavy (non-hydrogen) atoms. The van der Waals surface area contributed by atoms with Crippen LogP contribution in [0.2, 0.25) is 0 Å². The molecule has 0 atom stereocenters. The average Bonchev–Trinajstić information content (AvgIpc) is 0.955. The lowest BCUT2D eigenvalue weighted by atomic mass is 9.81. The van der Waals surface area contributed by atoms with Gasteiger partial charge in [-0.2, -0.15) is 0 Å². The van der Waals surface area contributed by atoms with Crippen molar-refractivity contribution in [2.75, 3.05) is 65.9 Å². The lowest BCUT2D eigenvalue weighted by Crippen LogP contribution is -2.41. The Morgan fingerprint density at radius 2 is 0.531 bits per heavy atom. The van der Waals surface area contributed by atoms with E-state index >= 15 is 0 Å². The van der Waals surface area contributed by atoms with Crippen LogP contribution in [0.25, 0.3) is 0 Å². The van der Waals surface area contributed by atoms with Gasteiger partial charge < -0.3 is 29.6 Å². The van der Waals surface area contributed by atoms with Crippen molar-refractivity contribution in [3.05, 3.63) is 82.9 Å². The summed E-state index contributed by atoms with van der Waals surface area (Å²) in [5.74, 6) is -1.07. The number of rotatable bonds is 28. The summed E-state index contributed by atoms with van der Waals surface area (Å²) in [6.07, 6.45) is 18.4. The first-order valence-corrected chi connectivity index (χ1v) is 38.5. The van der Waals surface area contributed by atoms with E-state index in [1.54, 1.807) is 0 Å². The number of hydrogen-bond acceptors (Lipinski definition) is 6. The van der Waals surface area contributed by atoms with Crippen LogP contribution in [-0.2, 0) is 54.2 Å². The number of carbonyl (C=O) groups excluding carboxylic acids is 2. The summed E-state index contributed by atoms with van der Waals surface area (Å²) < 4.78 is 22.1. The van der Waals surface area contributed by atoms with E-state index in [1.807, 2.05) is 0 Å². The number of allylic oxidation sites excluding steroid dienone is 1. The first kappa shape index (κ1) is 101. The first-order chi connectivity index (χ1) is 43.8. The largest absolute Gasteiger partial charge is 0.381 e. The van der Waals surface area contributed by atoms with E-state index in [2.05, 4.69) is 315 Å². The molecule has 0 aromatic heterocycles. The van der Waals surface area contributed by atoms with Gasteiger partial charge >= 0.3 is 11.8 Å². The van der Waals surface area contributed by atoms with E-state index in [0.717, 1.165) is 90.6 Å². The Balaban J connectivity index is -0.000000543. The van der Waals surface area contributed by atoms with Crippen LogP contribution in [-0.4, -0.2) is 77.8 Å². The molecule has 0 radical (unpaired) electrons. The number of unbranched alkanes of at least 4 members (excludes halogenated alkanes) is 2. The summed E-state index contributed by atoms with van der Waals surface area (Å²) in [6, 6.07) is 18.2. The summed E-state index contributed by atoms with van der Waals surface area (Å²) in [4.78, 5) is 22.9. The molecule has 8 heteroatoms. The van der Waals surface area contributed by atoms with Crippen molar-refractivity contribution in [2.45, 2.75) is 352 Å². The van der Waals surface area contributed by atoms with Gasteiger partial charge in [0.15, 0.2) is 0 Å². The molecule has 2 aromatic rings. The minimum Gasteiger partial charge on any atom is -0.381 e. The topological polar surface area (TPSA) is 95.1 Å². The second kappa shape index (κ2) is 48.1. The van der Waals surface area contributed by atoms with Gasteiger partial charge in [0, 0.05) is 39.5 Å². The highest BCUT2D eigenvalue weighted by atomic mass is 16.5. The molecular formula is C90H172N2O6. The monoisotopic (exact) mass is 1380 g/mol. The molecule has 8 nitrogen and oxygen atoms in total. The quantitative estimate of drug-likeness (QED) is 0.0501. The fourth-order valence-electron chi connectivity index (χ4n) is 10.0. The van der Waals surface area contributed by atoms with Gasteiger partial charge in [-0.3, -0.25) is 9.59 Å². The van der Waals surface area contributed by atoms with Crippen LogP contribution in [0.5, 0.6) is 0 Å². The van der Waals surface area contributed by atoms with Gasteiger partial charge in [0.2, 0.25) is 0 Å². The minimum absolute atomic E-state index is 0.163. The van der Waals surface area contributed by atoms with Gasteiger partial charge in [-0.15, -0.1) is 0 Å². The third-order valence-electron chi connectivity index (χ3n) is 14.7. The zero-order valence-corrected chi connectivity index (χ0v) is 72.7. The smallest absolute Gasteiger partial charge is 0.309 e. The summed E-state index contributed by atoms with van der Waals surface area (Å²) in [6.45, 7) is 92.3. The predicted molar refractivity (Wildman–Crippen MR) is 435 cm³/mol. The van der Waals surface area contributed by atoms with Crippen molar-refractivity contribution in [3.63, 3.8) is 0 Å². The van der Waals surface area contributed by atoms with Crippen LogP contribution in [0, 0.1) is 65.0 Å². The van der Waals surface area contributed by atoms with Crippen molar-refractivity contribution in [1.82, 2.24) is 10.6 Å². The van der Waals surface area contributed by atoms with E-state index in [4.69, 9.17) is 18.9 Å². The third-order valence-corrected chi connectivity index (χ3v) is 14.7. The van der Waals surface area contributed by atoms with E-state index < -0.39 is 11.8 Å². The number of nitrogens with one attached hydrogen (secondary N) is 2. The zero-order valence-electron chi connectivity index (χ0n) is 72.7. The molecule has 2 amide bonds. The highest BCUT2D eigenvalue weighted by Gasteiger charge is 2.21. The number of benzene rings is 2. The molecule has 0 aliphatic carbocycles. The Bertz CT molecular complexity index is 2150. The van der Waals surface area contributed by atoms with E-state index in [0.29, 0.717) is 93.7 Å². The lowest BCUT2D eigenvalue weighted by Gasteiger charge is -2.25. The van der Waals surface area contributed by atoms with Gasteiger partial charge in [0.05, 0.1) is 26.4 Å². The highest BCUT2D eigenvalue weighted by molar-refractivity contribution is 6.35. The average molecular weight is 1380 g/mol. The number of hydrogen-bond donors (Lipinski definition) is 2. The molecular weight excluding hydrogens is 1200 g/mol. The summed E-state index contributed by atoms with van der Waals surface area (Å²) in [7, 11) is 0. The van der Waals surface area contributed by atoms with Gasteiger partial charge in [0.25, 0.3) is 0 Å². The normalized spacial score (nSPS) is 12.8. The van der Waals surface area contributed by atoms with E-state index in [-0.39, 0.29) is 10.8 Å². The fourth-order valence-corrected chi connectivity index (χ4v) is 10.0. The number of ether oxygens (including phenoxy) is 4. The number of amides is 2. The maximum absolute atomic E-state index is 11.5. The SMILES string of the molecule is C=C(CC(C)(C)C)CC(C)(C)C.CC(C)(C)CCCCOCCCCC(C)(C)C.CC(C)(C)CCNC(=O)C(=O)NCCC(C)(C)C.CC(C)(C)CCOCCOCCOCCC(C)(C)C.CC(C)(C)Cc1ccc(CC(C)(C)C)cc1.CC(C)(C)Cc1cccc(CC(C)(C)C)c1. The van der Waals surface area contributed by atoms with Gasteiger partial charge in [-0.25, -0.2) is 0 Å². The Morgan fingerprint density at radius 1 is 0.286 bits per heavy atom. The Hall–Kier alpha value is -3.04. The molecule has 0 heterocycles. The molecule has 0 fully saturated rings. The standard InChI is InChI=1S/C16H34O3.C16H34O.2C16H26.C14H28N2O2.C12H24/c1-15(2,3)7-9-17-11-13-19-14-12-18-10-8-16(4,5)6;1-15(2,3)11-7-9-13-17-14-10-8-12-16(4,5)6;1-15(2,3)11-13-7-9-14(10-8-13)12-16(4,5)6;1-15(2,3)11-13-8-7-9-14(10-13)12-16(4,5)6;1-13(2,3)7-9-15-11(17)12(18)16-10-8-14(4,5)6;1-10(8-11(2,3)4)9-12(5,6)7/h7-14H2,1-6H3;7-14H2,1-6H3;2*7-10H,11-12H2,1-6H3;7-10H2,1-6H3,(H,15,17)(H,16,18);1,8-9H2,2-7H3. The fraction of sp³-hybridized carbons (Fsp3) is 0.822. The molecule has 0 unspecified atom stereocenters. The molecule has 0 aliphatic heterocycles. The predicted octanol–water partition coefficient (Wildman–Crippen LogP) is 25.6. The number of carbonyl (C=O) groups is 2. The summed E-state index contributed by atoms with van der Waals surface area (Å²) in [5.41, 5.74) is 11.5. The molecule has 0 aliphatic rings. The Labute approximate surface area is 613 Å². The first-order valence-electron chi connectivity index (χ1n) is 38.5. The maximum Gasteiger partial charge on any atom is 0.309 e. The minimum atomic E-state index is -0.534. The molecule has 0 bridgehead atoms. The van der Waals surface area contributed by atoms with Crippen LogP contribution in [0.4, 0.5) is 0 Å². The lowest BCUT2D eigenvalue weighted by molar-refractivity contribution is -0.139. The summed E-state index contributed by atoms with van der Waals surface area (Å²) >= 11 is 0. The van der Waals surface area contributed by atoms with E-state index in [1.165, 1.54) is 66.4 Å². The van der Waals surface area contributed by atoms with Crippen molar-refractivity contribution < 1.29 is 28.5 Å². The Morgan fingerprint density at radius 3 is 0.776 bits per heavy atom. The zero-order chi connectivity index (χ0) is 77.3. The van der Waals surface area contributed by atoms with Crippen LogP contribution in [0.1, 0.15) is 349 Å². The molecule has 2 aromatic carbocycles. The van der Waals surface area contributed by atoms with Crippen LogP contribution in [0.3, 0.4) is 0 Å². The second-order valence-corrected chi connectivity index (χ2v) is 43.1. The van der Waals surface area contributed by atoms with E-state index in [9.17, 15) is 9.59 Å². The molecule has 578 valence electrons. The van der Waals surface area contributed by atoms with Crippen molar-refractivity contribution in [2.24, 2.45) is 65.0 Å². The molecule has 0 spiro atoms. The maximum atomic E-state index is 11.5. The van der Waals surface area contributed by atoms with Crippen LogP contribution >= 0.6 is 0 Å². The molecule has 2 rings (SSSR count). The van der Waals surface area contributed by atoms with Crippen LogP contribution < -0.4 is 10.6 Å². The Kier molecular flexibility index (Phi) is 49.7. The highest BCUT2D eigenvalue weighted by Crippen LogP contribution is 2.32. The molecule has 2 N–H and O–H groups in total. The summed E-state index contributed by atoms with van der Waals surface area (Å²) in [5, 5.41) is 5.27. The van der Waals surface area contributed by atoms with Gasteiger partial charge in [-0.05, 0) is 177 Å². The second-order valence-electron chi connectivity index (χ2n) is 43.1. The third kappa shape index (κ3) is 87.2. The van der Waals surface area contributed by atoms with Gasteiger partial charge in [0.1, 0.15) is 0 Å². The van der Waals surface area contributed by atoms with Crippen molar-refractivity contribution in [1.29, 1.82) is 0 Å². The molecule has 0 saturated heterocycles.